The molecule has 1 amide bonds. The van der Waals surface area contributed by atoms with Gasteiger partial charge < -0.3 is 5.11 Å². The van der Waals surface area contributed by atoms with E-state index in [4.69, 9.17) is 5.11 Å². The van der Waals surface area contributed by atoms with Crippen LogP contribution in [-0.4, -0.2) is 44.0 Å². The highest BCUT2D eigenvalue weighted by atomic mass is 32.2. The number of hydrogen-bond acceptors (Lipinski definition) is 5. The fourth-order valence-electron chi connectivity index (χ4n) is 3.30. The smallest absolute Gasteiger partial charge is 0.264 e. The van der Waals surface area contributed by atoms with E-state index in [1.165, 1.54) is 18.9 Å². The van der Waals surface area contributed by atoms with Crippen LogP contribution in [-0.2, 0) is 21.4 Å². The number of carbonyl (C=O) groups is 1. The van der Waals surface area contributed by atoms with Crippen LogP contribution in [0.25, 0.3) is 11.1 Å². The van der Waals surface area contributed by atoms with E-state index >= 15 is 0 Å². The largest absolute Gasteiger partial charge is 0.387 e. The molecule has 0 bridgehead atoms. The minimum atomic E-state index is -4.08. The topological polar surface area (TPSA) is 86.7 Å². The average Bonchev–Trinajstić information content (AvgIpc) is 3.14. The van der Waals surface area contributed by atoms with E-state index in [1.807, 2.05) is 42.0 Å². The molecular weight excluding hydrogens is 364 g/mol. The highest BCUT2D eigenvalue weighted by Crippen LogP contribution is 2.29. The van der Waals surface area contributed by atoms with Crippen LogP contribution in [0.1, 0.15) is 24.0 Å². The number of rotatable bonds is 6. The van der Waals surface area contributed by atoms with E-state index in [-0.39, 0.29) is 4.90 Å². The van der Waals surface area contributed by atoms with Crippen LogP contribution in [0.3, 0.4) is 0 Å². The van der Waals surface area contributed by atoms with Gasteiger partial charge >= 0.3 is 0 Å². The number of sulfonamides is 1. The van der Waals surface area contributed by atoms with E-state index in [0.29, 0.717) is 5.56 Å². The highest BCUT2D eigenvalue weighted by molar-refractivity contribution is 7.90. The molecule has 2 N–H and O–H groups in total. The summed E-state index contributed by atoms with van der Waals surface area (Å²) in [6.45, 7) is 3.94. The quantitative estimate of drug-likeness (QED) is 0.791. The zero-order valence-electron chi connectivity index (χ0n) is 15.3. The molecule has 0 spiro atoms. The Kier molecular flexibility index (Phi) is 5.94. The third-order valence-corrected chi connectivity index (χ3v) is 6.12. The Balaban J connectivity index is 2.03. The third-order valence-electron chi connectivity index (χ3n) is 4.69. The van der Waals surface area contributed by atoms with Crippen LogP contribution in [0.15, 0.2) is 47.4 Å². The molecular formula is C20H24N2O4S. The summed E-state index contributed by atoms with van der Waals surface area (Å²) in [6.07, 6.45) is 2.37. The summed E-state index contributed by atoms with van der Waals surface area (Å²) in [6, 6.07) is 12.8. The molecule has 0 atom stereocenters. The fourth-order valence-corrected chi connectivity index (χ4v) is 4.49. The van der Waals surface area contributed by atoms with Gasteiger partial charge in [0.15, 0.2) is 0 Å². The Morgan fingerprint density at radius 2 is 1.78 bits per heavy atom. The van der Waals surface area contributed by atoms with Crippen molar-refractivity contribution in [2.24, 2.45) is 0 Å². The summed E-state index contributed by atoms with van der Waals surface area (Å²) in [5.74, 6) is -0.953. The lowest BCUT2D eigenvalue weighted by molar-refractivity contribution is -0.122. The third kappa shape index (κ3) is 4.74. The maximum absolute atomic E-state index is 12.7. The van der Waals surface area contributed by atoms with E-state index in [2.05, 4.69) is 4.90 Å². The second-order valence-corrected chi connectivity index (χ2v) is 8.52. The lowest BCUT2D eigenvalue weighted by atomic mass is 10.0. The average molecular weight is 388 g/mol. The van der Waals surface area contributed by atoms with Gasteiger partial charge in [0.05, 0.1) is 4.90 Å². The standard InChI is InChI=1S/C20H24N2O4S/c1-15-4-7-17(8-5-15)18-12-16(13-22-10-2-3-11-22)6-9-19(18)27(25,26)21-20(24)14-23/h4-9,12,23H,2-3,10-11,13-14H2,1H3,(H,21,24). The van der Waals surface area contributed by atoms with Crippen LogP contribution >= 0.6 is 0 Å². The van der Waals surface area contributed by atoms with Crippen molar-refractivity contribution < 1.29 is 18.3 Å². The molecule has 0 aliphatic carbocycles. The lowest BCUT2D eigenvalue weighted by Gasteiger charge is -2.17. The number of likely N-dealkylation sites (tertiary alicyclic amines) is 1. The Hall–Kier alpha value is -2.22. The number of carbonyl (C=O) groups excluding carboxylic acids is 1. The van der Waals surface area contributed by atoms with Crippen LogP contribution < -0.4 is 4.72 Å². The first kappa shape index (κ1) is 19.5. The number of nitrogens with zero attached hydrogens (tertiary/aromatic N) is 1. The number of nitrogens with one attached hydrogen (secondary N) is 1. The van der Waals surface area contributed by atoms with Gasteiger partial charge in [-0.2, -0.15) is 0 Å². The molecule has 27 heavy (non-hydrogen) atoms. The first-order valence-electron chi connectivity index (χ1n) is 8.98. The molecule has 0 aromatic heterocycles. The molecule has 3 rings (SSSR count). The van der Waals surface area contributed by atoms with Crippen LogP contribution in [0.5, 0.6) is 0 Å². The Bertz CT molecular complexity index is 917. The molecule has 0 saturated carbocycles. The van der Waals surface area contributed by atoms with Gasteiger partial charge in [0.1, 0.15) is 6.61 Å². The molecule has 1 aliphatic heterocycles. The molecule has 0 radical (unpaired) electrons. The van der Waals surface area contributed by atoms with Gasteiger partial charge in [-0.25, -0.2) is 13.1 Å². The number of aryl methyl sites for hydroxylation is 1. The predicted molar refractivity (Wildman–Crippen MR) is 104 cm³/mol. The molecule has 1 aliphatic rings. The first-order chi connectivity index (χ1) is 12.9. The highest BCUT2D eigenvalue weighted by Gasteiger charge is 2.22. The second-order valence-electron chi connectivity index (χ2n) is 6.87. The van der Waals surface area contributed by atoms with Gasteiger partial charge in [-0.15, -0.1) is 0 Å². The lowest BCUT2D eigenvalue weighted by Crippen LogP contribution is -2.33. The zero-order valence-corrected chi connectivity index (χ0v) is 16.1. The van der Waals surface area contributed by atoms with Gasteiger partial charge in [-0.3, -0.25) is 9.69 Å². The van der Waals surface area contributed by atoms with Crippen molar-refractivity contribution in [2.75, 3.05) is 19.7 Å². The monoisotopic (exact) mass is 388 g/mol. The maximum atomic E-state index is 12.7. The fraction of sp³-hybridized carbons (Fsp3) is 0.350. The minimum absolute atomic E-state index is 0.0262. The van der Waals surface area contributed by atoms with Crippen molar-refractivity contribution in [3.8, 4) is 11.1 Å². The molecule has 1 fully saturated rings. The van der Waals surface area contributed by atoms with Crippen LogP contribution in [0.4, 0.5) is 0 Å². The van der Waals surface area contributed by atoms with Crippen LogP contribution in [0, 0.1) is 6.92 Å². The summed E-state index contributed by atoms with van der Waals surface area (Å²) in [4.78, 5) is 13.8. The normalized spacial score (nSPS) is 15.0. The predicted octanol–water partition coefficient (Wildman–Crippen LogP) is 2.06. The number of hydrogen-bond donors (Lipinski definition) is 2. The van der Waals surface area contributed by atoms with E-state index in [9.17, 15) is 13.2 Å². The van der Waals surface area contributed by atoms with Crippen molar-refractivity contribution >= 4 is 15.9 Å². The zero-order chi connectivity index (χ0) is 19.4. The van der Waals surface area contributed by atoms with Gasteiger partial charge in [-0.05, 0) is 56.1 Å². The Morgan fingerprint density at radius 3 is 2.41 bits per heavy atom. The summed E-state index contributed by atoms with van der Waals surface area (Å²) in [5.41, 5.74) is 3.41. The SMILES string of the molecule is Cc1ccc(-c2cc(CN3CCCC3)ccc2S(=O)(=O)NC(=O)CO)cc1. The number of benzene rings is 2. The van der Waals surface area contributed by atoms with E-state index < -0.39 is 22.5 Å². The molecule has 144 valence electrons. The maximum Gasteiger partial charge on any atom is 0.264 e. The molecule has 1 saturated heterocycles. The van der Waals surface area contributed by atoms with E-state index in [0.717, 1.165) is 36.3 Å². The van der Waals surface area contributed by atoms with Gasteiger partial charge in [0, 0.05) is 12.1 Å². The van der Waals surface area contributed by atoms with Crippen molar-refractivity contribution in [3.05, 3.63) is 53.6 Å². The number of aliphatic hydroxyl groups is 1. The first-order valence-corrected chi connectivity index (χ1v) is 10.5. The molecule has 0 unspecified atom stereocenters. The molecule has 2 aromatic carbocycles. The van der Waals surface area contributed by atoms with E-state index in [1.54, 1.807) is 6.07 Å². The molecule has 1 heterocycles. The number of amides is 1. The number of aliphatic hydroxyl groups excluding tert-OH is 1. The van der Waals surface area contributed by atoms with Crippen molar-refractivity contribution in [3.63, 3.8) is 0 Å². The summed E-state index contributed by atoms with van der Waals surface area (Å²) < 4.78 is 27.2. The molecule has 7 heteroatoms. The van der Waals surface area contributed by atoms with Crippen molar-refractivity contribution in [2.45, 2.75) is 31.2 Å². The van der Waals surface area contributed by atoms with Crippen molar-refractivity contribution in [1.29, 1.82) is 0 Å². The summed E-state index contributed by atoms with van der Waals surface area (Å²) >= 11 is 0. The summed E-state index contributed by atoms with van der Waals surface area (Å²) in [5, 5.41) is 8.88. The van der Waals surface area contributed by atoms with Crippen LogP contribution in [0.2, 0.25) is 0 Å². The van der Waals surface area contributed by atoms with Crippen molar-refractivity contribution in [1.82, 2.24) is 9.62 Å². The molecule has 6 nitrogen and oxygen atoms in total. The van der Waals surface area contributed by atoms with Gasteiger partial charge in [0.25, 0.3) is 15.9 Å². The Morgan fingerprint density at radius 1 is 1.11 bits per heavy atom. The Labute approximate surface area is 159 Å². The summed E-state index contributed by atoms with van der Waals surface area (Å²) in [7, 11) is -4.08. The second kappa shape index (κ2) is 8.21. The van der Waals surface area contributed by atoms with Gasteiger partial charge in [0.2, 0.25) is 0 Å². The minimum Gasteiger partial charge on any atom is -0.387 e. The molecule has 2 aromatic rings. The van der Waals surface area contributed by atoms with Gasteiger partial charge in [-0.1, -0.05) is 35.9 Å².